The van der Waals surface area contributed by atoms with Gasteiger partial charge in [0.05, 0.1) is 23.8 Å². The van der Waals surface area contributed by atoms with Crippen LogP contribution in [0.4, 0.5) is 14.5 Å². The number of carbonyl (C=O) groups is 1. The summed E-state index contributed by atoms with van der Waals surface area (Å²) in [6.45, 7) is 2.68. The third kappa shape index (κ3) is 4.80. The van der Waals surface area contributed by atoms with E-state index in [0.29, 0.717) is 30.4 Å². The minimum atomic E-state index is -3.84. The second-order valence-electron chi connectivity index (χ2n) is 7.63. The molecule has 0 bridgehead atoms. The van der Waals surface area contributed by atoms with Crippen LogP contribution in [0.1, 0.15) is 15.9 Å². The highest BCUT2D eigenvalue weighted by molar-refractivity contribution is 7.89. The van der Waals surface area contributed by atoms with Gasteiger partial charge >= 0.3 is 0 Å². The summed E-state index contributed by atoms with van der Waals surface area (Å²) in [5.74, 6) is -2.43. The number of benzene rings is 3. The Bertz CT molecular complexity index is 1290. The van der Waals surface area contributed by atoms with Gasteiger partial charge in [-0.3, -0.25) is 4.79 Å². The van der Waals surface area contributed by atoms with Gasteiger partial charge in [-0.2, -0.15) is 4.31 Å². The van der Waals surface area contributed by atoms with Gasteiger partial charge in [-0.25, -0.2) is 17.2 Å². The molecule has 0 unspecified atom stereocenters. The molecule has 1 aliphatic rings. The topological polar surface area (TPSA) is 75.7 Å². The summed E-state index contributed by atoms with van der Waals surface area (Å²) in [5, 5.41) is 2.49. The Balaban J connectivity index is 1.69. The highest BCUT2D eigenvalue weighted by atomic mass is 32.2. The van der Waals surface area contributed by atoms with E-state index < -0.39 is 27.6 Å². The molecule has 0 aromatic heterocycles. The van der Waals surface area contributed by atoms with Crippen molar-refractivity contribution in [1.29, 1.82) is 0 Å². The van der Waals surface area contributed by atoms with Crippen molar-refractivity contribution in [2.24, 2.45) is 0 Å². The molecule has 1 heterocycles. The maximum absolute atomic E-state index is 14.7. The molecule has 1 amide bonds. The Morgan fingerprint density at radius 1 is 1.00 bits per heavy atom. The second-order valence-corrected chi connectivity index (χ2v) is 9.53. The van der Waals surface area contributed by atoms with E-state index >= 15 is 0 Å². The van der Waals surface area contributed by atoms with Gasteiger partial charge in [0.15, 0.2) is 0 Å². The Hall–Kier alpha value is -3.14. The van der Waals surface area contributed by atoms with Crippen molar-refractivity contribution < 1.29 is 26.7 Å². The zero-order valence-electron chi connectivity index (χ0n) is 17.8. The second kappa shape index (κ2) is 9.38. The average molecular weight is 473 g/mol. The zero-order valence-corrected chi connectivity index (χ0v) is 18.7. The minimum Gasteiger partial charge on any atom is -0.379 e. The quantitative estimate of drug-likeness (QED) is 0.604. The number of amides is 1. The fourth-order valence-corrected chi connectivity index (χ4v) is 5.34. The molecule has 0 radical (unpaired) electrons. The smallest absolute Gasteiger partial charge is 0.255 e. The summed E-state index contributed by atoms with van der Waals surface area (Å²) >= 11 is 0. The van der Waals surface area contributed by atoms with Crippen LogP contribution in [-0.4, -0.2) is 44.9 Å². The number of nitrogens with zero attached hydrogens (tertiary/aromatic N) is 1. The van der Waals surface area contributed by atoms with E-state index in [1.807, 2.05) is 0 Å². The van der Waals surface area contributed by atoms with E-state index in [1.165, 1.54) is 22.5 Å². The van der Waals surface area contributed by atoms with E-state index in [1.54, 1.807) is 37.3 Å². The molecule has 0 spiro atoms. The molecule has 33 heavy (non-hydrogen) atoms. The highest BCUT2D eigenvalue weighted by Gasteiger charge is 2.28. The summed E-state index contributed by atoms with van der Waals surface area (Å²) < 4.78 is 61.4. The fourth-order valence-electron chi connectivity index (χ4n) is 3.68. The molecule has 3 aromatic carbocycles. The van der Waals surface area contributed by atoms with Crippen LogP contribution in [0.25, 0.3) is 11.1 Å². The molecule has 3 aromatic rings. The van der Waals surface area contributed by atoms with Crippen molar-refractivity contribution in [3.8, 4) is 11.1 Å². The molecule has 4 rings (SSSR count). The van der Waals surface area contributed by atoms with Crippen LogP contribution in [0.2, 0.25) is 0 Å². The lowest BCUT2D eigenvalue weighted by molar-refractivity contribution is 0.0730. The number of carbonyl (C=O) groups excluding carboxylic acids is 1. The van der Waals surface area contributed by atoms with Gasteiger partial charge in [-0.05, 0) is 36.2 Å². The van der Waals surface area contributed by atoms with Gasteiger partial charge in [0.2, 0.25) is 10.0 Å². The first-order valence-electron chi connectivity index (χ1n) is 10.3. The van der Waals surface area contributed by atoms with Gasteiger partial charge in [0.25, 0.3) is 5.91 Å². The normalized spacial score (nSPS) is 14.8. The monoisotopic (exact) mass is 472 g/mol. The highest BCUT2D eigenvalue weighted by Crippen LogP contribution is 2.32. The van der Waals surface area contributed by atoms with E-state index in [2.05, 4.69) is 5.32 Å². The average Bonchev–Trinajstić information content (AvgIpc) is 2.82. The Morgan fingerprint density at radius 3 is 2.39 bits per heavy atom. The maximum Gasteiger partial charge on any atom is 0.255 e. The minimum absolute atomic E-state index is 0.0000825. The molecule has 0 aliphatic carbocycles. The van der Waals surface area contributed by atoms with E-state index in [9.17, 15) is 22.0 Å². The number of aryl methyl sites for hydroxylation is 1. The summed E-state index contributed by atoms with van der Waals surface area (Å²) in [7, 11) is -3.84. The van der Waals surface area contributed by atoms with Crippen molar-refractivity contribution in [3.63, 3.8) is 0 Å². The number of morpholine rings is 1. The number of rotatable bonds is 5. The van der Waals surface area contributed by atoms with E-state index in [0.717, 1.165) is 6.07 Å². The van der Waals surface area contributed by atoms with Crippen molar-refractivity contribution in [2.75, 3.05) is 31.6 Å². The lowest BCUT2D eigenvalue weighted by Crippen LogP contribution is -2.40. The molecule has 1 N–H and O–H groups in total. The van der Waals surface area contributed by atoms with Crippen LogP contribution in [0.15, 0.2) is 65.6 Å². The van der Waals surface area contributed by atoms with Gasteiger partial charge in [0.1, 0.15) is 11.6 Å². The molecule has 6 nitrogen and oxygen atoms in total. The standard InChI is InChI=1S/C24H22F2N2O4S/c1-16-7-8-18(13-22(16)33(30,31)28-9-11-32-12-10-28)24(29)27-23-20(14-19(25)15-21(23)26)17-5-3-2-4-6-17/h2-8,13-15H,9-12H2,1H3,(H,27,29). The number of anilines is 1. The van der Waals surface area contributed by atoms with Crippen molar-refractivity contribution in [2.45, 2.75) is 11.8 Å². The first-order chi connectivity index (χ1) is 15.8. The first kappa shape index (κ1) is 23.0. The predicted octanol–water partition coefficient (Wildman–Crippen LogP) is 4.21. The van der Waals surface area contributed by atoms with Crippen molar-refractivity contribution >= 4 is 21.6 Å². The van der Waals surface area contributed by atoms with Gasteiger partial charge in [0, 0.05) is 30.3 Å². The third-order valence-electron chi connectivity index (χ3n) is 5.42. The van der Waals surface area contributed by atoms with Gasteiger partial charge < -0.3 is 10.1 Å². The molecule has 1 fully saturated rings. The molecular formula is C24H22F2N2O4S. The number of hydrogen-bond acceptors (Lipinski definition) is 4. The van der Waals surface area contributed by atoms with E-state index in [4.69, 9.17) is 4.74 Å². The van der Waals surface area contributed by atoms with Crippen LogP contribution < -0.4 is 5.32 Å². The van der Waals surface area contributed by atoms with Gasteiger partial charge in [-0.15, -0.1) is 0 Å². The lowest BCUT2D eigenvalue weighted by atomic mass is 10.0. The van der Waals surface area contributed by atoms with Crippen LogP contribution >= 0.6 is 0 Å². The molecule has 9 heteroatoms. The maximum atomic E-state index is 14.7. The molecule has 0 saturated carbocycles. The molecule has 0 atom stereocenters. The number of sulfonamides is 1. The third-order valence-corrected chi connectivity index (χ3v) is 7.46. The van der Waals surface area contributed by atoms with Crippen LogP contribution in [0.5, 0.6) is 0 Å². The molecule has 1 saturated heterocycles. The Kier molecular flexibility index (Phi) is 6.55. The Morgan fingerprint density at radius 2 is 1.70 bits per heavy atom. The first-order valence-corrected chi connectivity index (χ1v) is 11.8. The largest absolute Gasteiger partial charge is 0.379 e. The summed E-state index contributed by atoms with van der Waals surface area (Å²) in [4.78, 5) is 13.0. The van der Waals surface area contributed by atoms with Crippen LogP contribution in [0.3, 0.4) is 0 Å². The van der Waals surface area contributed by atoms with Gasteiger partial charge in [-0.1, -0.05) is 36.4 Å². The number of halogens is 2. The van der Waals surface area contributed by atoms with Crippen LogP contribution in [-0.2, 0) is 14.8 Å². The summed E-state index contributed by atoms with van der Waals surface area (Å²) in [5.41, 5.74) is 1.03. The molecule has 1 aliphatic heterocycles. The summed E-state index contributed by atoms with van der Waals surface area (Å²) in [6.07, 6.45) is 0. The SMILES string of the molecule is Cc1ccc(C(=O)Nc2c(F)cc(F)cc2-c2ccccc2)cc1S(=O)(=O)N1CCOCC1. The number of ether oxygens (including phenoxy) is 1. The van der Waals surface area contributed by atoms with E-state index in [-0.39, 0.29) is 34.8 Å². The van der Waals surface area contributed by atoms with Crippen molar-refractivity contribution in [1.82, 2.24) is 4.31 Å². The molecule has 172 valence electrons. The van der Waals surface area contributed by atoms with Crippen LogP contribution in [0, 0.1) is 18.6 Å². The summed E-state index contributed by atoms with van der Waals surface area (Å²) in [6, 6.07) is 14.6. The van der Waals surface area contributed by atoms with Crippen molar-refractivity contribution in [3.05, 3.63) is 83.4 Å². The molecular weight excluding hydrogens is 450 g/mol. The zero-order chi connectivity index (χ0) is 23.6. The fraction of sp³-hybridized carbons (Fsp3) is 0.208. The Labute approximate surface area is 190 Å². The number of hydrogen-bond donors (Lipinski definition) is 1. The lowest BCUT2D eigenvalue weighted by Gasteiger charge is -2.26. The predicted molar refractivity (Wildman–Crippen MR) is 121 cm³/mol. The number of nitrogens with one attached hydrogen (secondary N) is 1.